The second-order valence-electron chi connectivity index (χ2n) is 3.98. The molecule has 0 amide bonds. The molecule has 1 atom stereocenters. The Morgan fingerprint density at radius 2 is 2.16 bits per heavy atom. The van der Waals surface area contributed by atoms with E-state index in [-0.39, 0.29) is 10.9 Å². The molecule has 19 heavy (non-hydrogen) atoms. The number of ether oxygens (including phenoxy) is 1. The standard InChI is InChI=1S/C12H18BrNO3S2/c1-4-9(8-18-3)14-19(15,16)10-5-6-12(17-2)11(13)7-10/h5-7,9,14H,4,8H2,1-3H3. The molecule has 7 heteroatoms. The number of benzene rings is 1. The molecule has 1 rings (SSSR count). The topological polar surface area (TPSA) is 55.4 Å². The average Bonchev–Trinajstić information content (AvgIpc) is 2.37. The summed E-state index contributed by atoms with van der Waals surface area (Å²) in [6.07, 6.45) is 2.72. The van der Waals surface area contributed by atoms with Crippen LogP contribution in [0.4, 0.5) is 0 Å². The van der Waals surface area contributed by atoms with Crippen LogP contribution in [-0.2, 0) is 10.0 Å². The van der Waals surface area contributed by atoms with E-state index in [0.29, 0.717) is 10.2 Å². The number of nitrogens with one attached hydrogen (secondary N) is 1. The Morgan fingerprint density at radius 1 is 1.47 bits per heavy atom. The van der Waals surface area contributed by atoms with Crippen LogP contribution in [0.3, 0.4) is 0 Å². The molecule has 1 aromatic carbocycles. The Balaban J connectivity index is 2.96. The molecule has 0 spiro atoms. The molecule has 0 radical (unpaired) electrons. The van der Waals surface area contributed by atoms with Crippen LogP contribution >= 0.6 is 27.7 Å². The lowest BCUT2D eigenvalue weighted by Gasteiger charge is -2.16. The van der Waals surface area contributed by atoms with Crippen molar-refractivity contribution in [3.05, 3.63) is 22.7 Å². The van der Waals surface area contributed by atoms with E-state index in [1.807, 2.05) is 13.2 Å². The first-order valence-corrected chi connectivity index (χ1v) is 9.46. The highest BCUT2D eigenvalue weighted by molar-refractivity contribution is 9.10. The fourth-order valence-electron chi connectivity index (χ4n) is 1.54. The van der Waals surface area contributed by atoms with Crippen molar-refractivity contribution in [2.45, 2.75) is 24.3 Å². The lowest BCUT2D eigenvalue weighted by Crippen LogP contribution is -2.36. The molecule has 0 aromatic heterocycles. The monoisotopic (exact) mass is 367 g/mol. The van der Waals surface area contributed by atoms with Crippen molar-refractivity contribution in [1.29, 1.82) is 0 Å². The molecule has 0 aliphatic heterocycles. The van der Waals surface area contributed by atoms with E-state index >= 15 is 0 Å². The molecule has 4 nitrogen and oxygen atoms in total. The van der Waals surface area contributed by atoms with Gasteiger partial charge in [0.2, 0.25) is 10.0 Å². The number of methoxy groups -OCH3 is 1. The van der Waals surface area contributed by atoms with Gasteiger partial charge in [-0.05, 0) is 46.8 Å². The molecule has 0 fully saturated rings. The van der Waals surface area contributed by atoms with Gasteiger partial charge in [0.15, 0.2) is 0 Å². The summed E-state index contributed by atoms with van der Waals surface area (Å²) in [5, 5.41) is 0. The molecule has 0 heterocycles. The fourth-order valence-corrected chi connectivity index (χ4v) is 4.40. The van der Waals surface area contributed by atoms with Gasteiger partial charge in [-0.3, -0.25) is 0 Å². The Bertz CT molecular complexity index is 520. The van der Waals surface area contributed by atoms with E-state index in [1.54, 1.807) is 23.9 Å². The van der Waals surface area contributed by atoms with Crippen molar-refractivity contribution in [2.75, 3.05) is 19.1 Å². The molecular weight excluding hydrogens is 350 g/mol. The molecule has 0 aliphatic carbocycles. The van der Waals surface area contributed by atoms with Gasteiger partial charge >= 0.3 is 0 Å². The van der Waals surface area contributed by atoms with E-state index in [2.05, 4.69) is 20.7 Å². The van der Waals surface area contributed by atoms with Gasteiger partial charge in [0.1, 0.15) is 5.75 Å². The highest BCUT2D eigenvalue weighted by Crippen LogP contribution is 2.27. The first-order chi connectivity index (χ1) is 8.94. The van der Waals surface area contributed by atoms with Crippen LogP contribution in [0.15, 0.2) is 27.6 Å². The lowest BCUT2D eigenvalue weighted by atomic mass is 10.3. The zero-order chi connectivity index (χ0) is 14.5. The predicted octanol–water partition coefficient (Wildman–Crippen LogP) is 2.88. The number of halogens is 1. The molecule has 1 N–H and O–H groups in total. The Kier molecular flexibility index (Phi) is 6.65. The van der Waals surface area contributed by atoms with E-state index < -0.39 is 10.0 Å². The SMILES string of the molecule is CCC(CSC)NS(=O)(=O)c1ccc(OC)c(Br)c1. The second kappa shape index (κ2) is 7.52. The highest BCUT2D eigenvalue weighted by atomic mass is 79.9. The van der Waals surface area contributed by atoms with Gasteiger partial charge in [-0.15, -0.1) is 0 Å². The van der Waals surface area contributed by atoms with E-state index in [0.717, 1.165) is 12.2 Å². The minimum absolute atomic E-state index is 0.0547. The summed E-state index contributed by atoms with van der Waals surface area (Å²) < 4.78 is 32.9. The molecule has 0 saturated carbocycles. The quantitative estimate of drug-likeness (QED) is 0.804. The molecule has 0 saturated heterocycles. The molecule has 1 unspecified atom stereocenters. The summed E-state index contributed by atoms with van der Waals surface area (Å²) in [6, 6.07) is 4.67. The smallest absolute Gasteiger partial charge is 0.240 e. The number of rotatable bonds is 7. The van der Waals surface area contributed by atoms with Gasteiger partial charge in [-0.1, -0.05) is 6.92 Å². The zero-order valence-electron chi connectivity index (χ0n) is 11.1. The van der Waals surface area contributed by atoms with Gasteiger partial charge in [-0.2, -0.15) is 11.8 Å². The summed E-state index contributed by atoms with van der Waals surface area (Å²) in [4.78, 5) is 0.236. The van der Waals surface area contributed by atoms with Crippen molar-refractivity contribution < 1.29 is 13.2 Å². The van der Waals surface area contributed by atoms with E-state index in [9.17, 15) is 8.42 Å². The van der Waals surface area contributed by atoms with Crippen LogP contribution in [-0.4, -0.2) is 33.6 Å². The normalized spacial score (nSPS) is 13.3. The summed E-state index contributed by atoms with van der Waals surface area (Å²) in [7, 11) is -1.95. The zero-order valence-corrected chi connectivity index (χ0v) is 14.4. The first-order valence-electron chi connectivity index (χ1n) is 5.79. The number of thioether (sulfide) groups is 1. The predicted molar refractivity (Wildman–Crippen MR) is 83.5 cm³/mol. The maximum Gasteiger partial charge on any atom is 0.240 e. The summed E-state index contributed by atoms with van der Waals surface area (Å²) in [5.74, 6) is 1.36. The summed E-state index contributed by atoms with van der Waals surface area (Å²) >= 11 is 4.92. The number of sulfonamides is 1. The minimum atomic E-state index is -3.49. The van der Waals surface area contributed by atoms with Gasteiger partial charge in [0.25, 0.3) is 0 Å². The van der Waals surface area contributed by atoms with Gasteiger partial charge in [0, 0.05) is 11.8 Å². The number of hydrogen-bond acceptors (Lipinski definition) is 4. The summed E-state index contributed by atoms with van der Waals surface area (Å²) in [5.41, 5.74) is 0. The molecular formula is C12H18BrNO3S2. The van der Waals surface area contributed by atoms with Crippen LogP contribution in [0.25, 0.3) is 0 Å². The first kappa shape index (κ1) is 16.8. The second-order valence-corrected chi connectivity index (χ2v) is 7.46. The van der Waals surface area contributed by atoms with Crippen molar-refractivity contribution in [3.8, 4) is 5.75 Å². The number of hydrogen-bond donors (Lipinski definition) is 1. The Morgan fingerprint density at radius 3 is 2.63 bits per heavy atom. The van der Waals surface area contributed by atoms with E-state index in [4.69, 9.17) is 4.74 Å². The fraction of sp³-hybridized carbons (Fsp3) is 0.500. The van der Waals surface area contributed by atoms with Crippen molar-refractivity contribution in [1.82, 2.24) is 4.72 Å². The third kappa shape index (κ3) is 4.66. The highest BCUT2D eigenvalue weighted by Gasteiger charge is 2.19. The molecule has 0 aliphatic rings. The van der Waals surface area contributed by atoms with Crippen LogP contribution < -0.4 is 9.46 Å². The van der Waals surface area contributed by atoms with Gasteiger partial charge in [0.05, 0.1) is 16.5 Å². The third-order valence-electron chi connectivity index (χ3n) is 2.62. The van der Waals surface area contributed by atoms with Crippen molar-refractivity contribution in [3.63, 3.8) is 0 Å². The van der Waals surface area contributed by atoms with Gasteiger partial charge < -0.3 is 4.74 Å². The maximum absolute atomic E-state index is 12.2. The molecule has 1 aromatic rings. The van der Waals surface area contributed by atoms with Gasteiger partial charge in [-0.25, -0.2) is 13.1 Å². The maximum atomic E-state index is 12.2. The molecule has 0 bridgehead atoms. The van der Waals surface area contributed by atoms with Crippen LogP contribution in [0.2, 0.25) is 0 Å². The van der Waals surface area contributed by atoms with Crippen molar-refractivity contribution >= 4 is 37.7 Å². The Labute approximate surface area is 127 Å². The van der Waals surface area contributed by atoms with Crippen LogP contribution in [0.5, 0.6) is 5.75 Å². The van der Waals surface area contributed by atoms with Crippen LogP contribution in [0, 0.1) is 0 Å². The molecule has 108 valence electrons. The summed E-state index contributed by atoms with van der Waals surface area (Å²) in [6.45, 7) is 1.97. The third-order valence-corrected chi connectivity index (χ3v) is 5.49. The van der Waals surface area contributed by atoms with Crippen molar-refractivity contribution in [2.24, 2.45) is 0 Å². The Hall–Kier alpha value is -0.240. The van der Waals surface area contributed by atoms with Crippen LogP contribution in [0.1, 0.15) is 13.3 Å². The largest absolute Gasteiger partial charge is 0.496 e. The average molecular weight is 368 g/mol. The lowest BCUT2D eigenvalue weighted by molar-refractivity contribution is 0.411. The minimum Gasteiger partial charge on any atom is -0.496 e. The van der Waals surface area contributed by atoms with E-state index in [1.165, 1.54) is 13.2 Å².